The van der Waals surface area contributed by atoms with Crippen molar-refractivity contribution in [2.75, 3.05) is 52.4 Å². The zero-order chi connectivity index (χ0) is 15.7. The summed E-state index contributed by atoms with van der Waals surface area (Å²) in [7, 11) is 0. The third kappa shape index (κ3) is 5.93. The van der Waals surface area contributed by atoms with E-state index in [1.165, 1.54) is 19.4 Å². The van der Waals surface area contributed by atoms with E-state index in [1.54, 1.807) is 0 Å². The highest BCUT2D eigenvalue weighted by Gasteiger charge is 2.27. The molecule has 1 aliphatic rings. The molecule has 5 nitrogen and oxygen atoms in total. The van der Waals surface area contributed by atoms with E-state index in [1.807, 2.05) is 18.7 Å². The van der Waals surface area contributed by atoms with Crippen molar-refractivity contribution in [3.63, 3.8) is 0 Å². The summed E-state index contributed by atoms with van der Waals surface area (Å²) >= 11 is 0. The normalized spacial score (nSPS) is 18.7. The van der Waals surface area contributed by atoms with Crippen LogP contribution in [0.5, 0.6) is 0 Å². The molecule has 1 rings (SSSR count). The van der Waals surface area contributed by atoms with E-state index in [9.17, 15) is 4.79 Å². The van der Waals surface area contributed by atoms with Gasteiger partial charge in [0.05, 0.1) is 6.04 Å². The standard InChI is InChI=1S/C16H34N4O/c1-4-19(5-2)16(21)15(3)20-13-11-18(12-14-20)10-8-6-7-9-17/h15H,4-14,17H2,1-3H3. The van der Waals surface area contributed by atoms with Gasteiger partial charge in [-0.2, -0.15) is 0 Å². The van der Waals surface area contributed by atoms with Gasteiger partial charge >= 0.3 is 0 Å². The Balaban J connectivity index is 2.30. The van der Waals surface area contributed by atoms with E-state index in [4.69, 9.17) is 5.73 Å². The molecular formula is C16H34N4O. The summed E-state index contributed by atoms with van der Waals surface area (Å²) < 4.78 is 0. The van der Waals surface area contributed by atoms with Gasteiger partial charge in [0.25, 0.3) is 0 Å². The molecule has 0 saturated carbocycles. The van der Waals surface area contributed by atoms with Crippen LogP contribution in [0, 0.1) is 0 Å². The quantitative estimate of drug-likeness (QED) is 0.645. The van der Waals surface area contributed by atoms with Crippen LogP contribution in [-0.4, -0.2) is 79.0 Å². The van der Waals surface area contributed by atoms with Crippen molar-refractivity contribution in [3.8, 4) is 0 Å². The predicted molar refractivity (Wildman–Crippen MR) is 88.3 cm³/mol. The summed E-state index contributed by atoms with van der Waals surface area (Å²) in [5.41, 5.74) is 5.52. The van der Waals surface area contributed by atoms with Crippen LogP contribution in [0.4, 0.5) is 0 Å². The van der Waals surface area contributed by atoms with Crippen LogP contribution in [0.3, 0.4) is 0 Å². The van der Waals surface area contributed by atoms with Gasteiger partial charge in [0.15, 0.2) is 0 Å². The second-order valence-electron chi connectivity index (χ2n) is 5.91. The Kier molecular flexibility index (Phi) is 8.88. The largest absolute Gasteiger partial charge is 0.342 e. The highest BCUT2D eigenvalue weighted by Crippen LogP contribution is 2.10. The van der Waals surface area contributed by atoms with Crippen molar-refractivity contribution in [2.24, 2.45) is 5.73 Å². The number of rotatable bonds is 9. The highest BCUT2D eigenvalue weighted by molar-refractivity contribution is 5.81. The number of nitrogens with two attached hydrogens (primary N) is 1. The molecule has 1 unspecified atom stereocenters. The molecular weight excluding hydrogens is 264 g/mol. The molecule has 0 radical (unpaired) electrons. The first kappa shape index (κ1) is 18.4. The number of carbonyl (C=O) groups excluding carboxylic acids is 1. The molecule has 1 aliphatic heterocycles. The molecule has 2 N–H and O–H groups in total. The summed E-state index contributed by atoms with van der Waals surface area (Å²) in [6.45, 7) is 13.9. The number of piperazine rings is 1. The van der Waals surface area contributed by atoms with Gasteiger partial charge in [-0.25, -0.2) is 0 Å². The number of amides is 1. The van der Waals surface area contributed by atoms with E-state index >= 15 is 0 Å². The lowest BCUT2D eigenvalue weighted by Gasteiger charge is -2.38. The molecule has 1 heterocycles. The average molecular weight is 298 g/mol. The van der Waals surface area contributed by atoms with Gasteiger partial charge in [0.2, 0.25) is 5.91 Å². The lowest BCUT2D eigenvalue weighted by Crippen LogP contribution is -2.54. The molecule has 0 aromatic heterocycles. The molecule has 0 spiro atoms. The van der Waals surface area contributed by atoms with Gasteiger partial charge < -0.3 is 15.5 Å². The van der Waals surface area contributed by atoms with E-state index in [0.717, 1.165) is 52.2 Å². The number of unbranched alkanes of at least 4 members (excludes halogenated alkanes) is 2. The molecule has 5 heteroatoms. The molecule has 21 heavy (non-hydrogen) atoms. The lowest BCUT2D eigenvalue weighted by atomic mass is 10.2. The number of nitrogens with zero attached hydrogens (tertiary/aromatic N) is 3. The number of hydrogen-bond donors (Lipinski definition) is 1. The van der Waals surface area contributed by atoms with Crippen LogP contribution in [0.2, 0.25) is 0 Å². The second kappa shape index (κ2) is 10.1. The summed E-state index contributed by atoms with van der Waals surface area (Å²) in [6, 6.07) is 0.0179. The summed E-state index contributed by atoms with van der Waals surface area (Å²) in [6.07, 6.45) is 3.61. The molecule has 0 aliphatic carbocycles. The predicted octanol–water partition coefficient (Wildman–Crippen LogP) is 0.990. The van der Waals surface area contributed by atoms with E-state index in [2.05, 4.69) is 16.7 Å². The molecule has 1 amide bonds. The third-order valence-electron chi connectivity index (χ3n) is 4.57. The first-order valence-electron chi connectivity index (χ1n) is 8.59. The Labute approximate surface area is 130 Å². The van der Waals surface area contributed by atoms with Crippen molar-refractivity contribution in [2.45, 2.75) is 46.1 Å². The van der Waals surface area contributed by atoms with Gasteiger partial charge in [0, 0.05) is 39.3 Å². The van der Waals surface area contributed by atoms with Crippen molar-refractivity contribution in [1.82, 2.24) is 14.7 Å². The second-order valence-corrected chi connectivity index (χ2v) is 5.91. The highest BCUT2D eigenvalue weighted by atomic mass is 16.2. The maximum Gasteiger partial charge on any atom is 0.239 e. The Bertz CT molecular complexity index is 286. The van der Waals surface area contributed by atoms with Crippen LogP contribution in [0.25, 0.3) is 0 Å². The Morgan fingerprint density at radius 1 is 1.10 bits per heavy atom. The van der Waals surface area contributed by atoms with Gasteiger partial charge in [0.1, 0.15) is 0 Å². The van der Waals surface area contributed by atoms with Crippen LogP contribution >= 0.6 is 0 Å². The Morgan fingerprint density at radius 2 is 1.71 bits per heavy atom. The van der Waals surface area contributed by atoms with Crippen LogP contribution < -0.4 is 5.73 Å². The number of carbonyl (C=O) groups is 1. The van der Waals surface area contributed by atoms with Crippen molar-refractivity contribution in [3.05, 3.63) is 0 Å². The van der Waals surface area contributed by atoms with Crippen LogP contribution in [0.1, 0.15) is 40.0 Å². The Hall–Kier alpha value is -0.650. The summed E-state index contributed by atoms with van der Waals surface area (Å²) in [5, 5.41) is 0. The molecule has 0 bridgehead atoms. The van der Waals surface area contributed by atoms with Gasteiger partial charge in [-0.15, -0.1) is 0 Å². The van der Waals surface area contributed by atoms with E-state index < -0.39 is 0 Å². The van der Waals surface area contributed by atoms with Crippen molar-refractivity contribution in [1.29, 1.82) is 0 Å². The number of hydrogen-bond acceptors (Lipinski definition) is 4. The molecule has 0 aromatic rings. The fourth-order valence-electron chi connectivity index (χ4n) is 2.99. The van der Waals surface area contributed by atoms with Crippen LogP contribution in [-0.2, 0) is 4.79 Å². The van der Waals surface area contributed by atoms with E-state index in [-0.39, 0.29) is 11.9 Å². The van der Waals surface area contributed by atoms with Crippen LogP contribution in [0.15, 0.2) is 0 Å². The fourth-order valence-corrected chi connectivity index (χ4v) is 2.99. The SMILES string of the molecule is CCN(CC)C(=O)C(C)N1CCN(CCCCCN)CC1. The first-order chi connectivity index (χ1) is 10.1. The third-order valence-corrected chi connectivity index (χ3v) is 4.57. The minimum atomic E-state index is 0.0179. The zero-order valence-corrected chi connectivity index (χ0v) is 14.2. The molecule has 124 valence electrons. The molecule has 0 aromatic carbocycles. The minimum absolute atomic E-state index is 0.0179. The summed E-state index contributed by atoms with van der Waals surface area (Å²) in [4.78, 5) is 19.2. The molecule has 1 fully saturated rings. The van der Waals surface area contributed by atoms with Gasteiger partial charge in [-0.1, -0.05) is 6.42 Å². The molecule has 1 saturated heterocycles. The Morgan fingerprint density at radius 3 is 2.24 bits per heavy atom. The number of likely N-dealkylation sites (N-methyl/N-ethyl adjacent to an activating group) is 1. The summed E-state index contributed by atoms with van der Waals surface area (Å²) in [5.74, 6) is 0.274. The monoisotopic (exact) mass is 298 g/mol. The fraction of sp³-hybridized carbons (Fsp3) is 0.938. The lowest BCUT2D eigenvalue weighted by molar-refractivity contribution is -0.136. The van der Waals surface area contributed by atoms with E-state index in [0.29, 0.717) is 0 Å². The average Bonchev–Trinajstić information content (AvgIpc) is 2.52. The van der Waals surface area contributed by atoms with Gasteiger partial charge in [-0.3, -0.25) is 9.69 Å². The molecule has 1 atom stereocenters. The maximum absolute atomic E-state index is 12.4. The van der Waals surface area contributed by atoms with Gasteiger partial charge in [-0.05, 0) is 46.7 Å². The smallest absolute Gasteiger partial charge is 0.239 e. The first-order valence-corrected chi connectivity index (χ1v) is 8.59. The van der Waals surface area contributed by atoms with Crippen molar-refractivity contribution < 1.29 is 4.79 Å². The topological polar surface area (TPSA) is 52.8 Å². The van der Waals surface area contributed by atoms with Crippen molar-refractivity contribution >= 4 is 5.91 Å². The zero-order valence-electron chi connectivity index (χ0n) is 14.2. The maximum atomic E-state index is 12.4. The minimum Gasteiger partial charge on any atom is -0.342 e.